The molecule has 1 aliphatic rings. The normalized spacial score (nSPS) is 16.0. The summed E-state index contributed by atoms with van der Waals surface area (Å²) in [5, 5.41) is 11.8. The number of carbonyl (C=O) groups is 2. The maximum Gasteiger partial charge on any atom is 0.323 e. The molecule has 2 atom stereocenters. The van der Waals surface area contributed by atoms with Gasteiger partial charge >= 0.3 is 5.97 Å². The van der Waals surface area contributed by atoms with E-state index in [2.05, 4.69) is 10.0 Å². The zero-order valence-electron chi connectivity index (χ0n) is 18.7. The van der Waals surface area contributed by atoms with E-state index in [0.717, 1.165) is 6.42 Å². The Morgan fingerprint density at radius 3 is 2.48 bits per heavy atom. The van der Waals surface area contributed by atoms with Crippen LogP contribution in [0.3, 0.4) is 0 Å². The van der Waals surface area contributed by atoms with E-state index in [9.17, 15) is 27.9 Å². The highest BCUT2D eigenvalue weighted by Gasteiger charge is 2.26. The molecule has 0 bridgehead atoms. The van der Waals surface area contributed by atoms with E-state index >= 15 is 0 Å². The fraction of sp³-hybridized carbons (Fsp3) is 0.409. The lowest BCUT2D eigenvalue weighted by molar-refractivity contribution is -0.138. The second-order valence-electron chi connectivity index (χ2n) is 7.36. The summed E-state index contributed by atoms with van der Waals surface area (Å²) in [6.07, 6.45) is 1.41. The van der Waals surface area contributed by atoms with Gasteiger partial charge in [0.15, 0.2) is 0 Å². The summed E-state index contributed by atoms with van der Waals surface area (Å²) in [6, 6.07) is 8.50. The molecule has 11 heteroatoms. The Labute approximate surface area is 192 Å². The van der Waals surface area contributed by atoms with E-state index in [1.807, 2.05) is 13.8 Å². The van der Waals surface area contributed by atoms with Crippen molar-refractivity contribution in [2.45, 2.75) is 44.2 Å². The number of hydrogen-bond donors (Lipinski definition) is 4. The third-order valence-corrected chi connectivity index (χ3v) is 6.66. The van der Waals surface area contributed by atoms with Crippen molar-refractivity contribution in [1.29, 1.82) is 0 Å². The van der Waals surface area contributed by atoms with Crippen molar-refractivity contribution in [3.8, 4) is 0 Å². The maximum absolute atomic E-state index is 12.5. The van der Waals surface area contributed by atoms with Crippen LogP contribution < -0.4 is 21.3 Å². The zero-order valence-corrected chi connectivity index (χ0v) is 19.5. The number of carbonyl (C=O) groups excluding carboxylic acids is 1. The number of aliphatic carboxylic acids is 1. The van der Waals surface area contributed by atoms with Crippen molar-refractivity contribution in [2.24, 2.45) is 11.7 Å². The van der Waals surface area contributed by atoms with E-state index < -0.39 is 34.5 Å². The largest absolute Gasteiger partial charge is 0.480 e. The Kier molecular flexibility index (Phi) is 9.32. The predicted molar refractivity (Wildman–Crippen MR) is 123 cm³/mol. The average molecular weight is 479 g/mol. The molecule has 1 amide bonds. The number of nitrogens with two attached hydrogens (primary N) is 1. The van der Waals surface area contributed by atoms with Crippen LogP contribution in [0.25, 0.3) is 0 Å². The minimum absolute atomic E-state index is 0.0916. The number of hydrogen-bond acceptors (Lipinski definition) is 6. The molecule has 1 aromatic heterocycles. The van der Waals surface area contributed by atoms with Gasteiger partial charge in [-0.25, -0.2) is 8.42 Å². The van der Waals surface area contributed by atoms with Gasteiger partial charge in [-0.15, -0.1) is 0 Å². The quantitative estimate of drug-likeness (QED) is 0.431. The highest BCUT2D eigenvalue weighted by molar-refractivity contribution is 7.89. The Balaban J connectivity index is 0.00000187. The molecule has 2 unspecified atom stereocenters. The van der Waals surface area contributed by atoms with Crippen molar-refractivity contribution in [3.63, 3.8) is 0 Å². The molecule has 3 rings (SSSR count). The molecule has 2 aromatic rings. The first-order valence-electron chi connectivity index (χ1n) is 10.7. The Morgan fingerprint density at radius 2 is 1.88 bits per heavy atom. The van der Waals surface area contributed by atoms with Crippen molar-refractivity contribution >= 4 is 21.9 Å². The van der Waals surface area contributed by atoms with Crippen LogP contribution in [0.4, 0.5) is 0 Å². The molecule has 0 spiro atoms. The summed E-state index contributed by atoms with van der Waals surface area (Å²) < 4.78 is 28.4. The van der Waals surface area contributed by atoms with Crippen LogP contribution in [0, 0.1) is 5.92 Å². The SMILES string of the molecule is CC.NCC1CCc2cc(C(=O)NCC(NS(=O)(=O)c3ccccc3)C(=O)O)cc(=O)n2C1. The topological polar surface area (TPSA) is 161 Å². The van der Waals surface area contributed by atoms with Gasteiger partial charge in [-0.05, 0) is 43.5 Å². The Morgan fingerprint density at radius 1 is 1.21 bits per heavy atom. The van der Waals surface area contributed by atoms with E-state index in [1.54, 1.807) is 16.7 Å². The van der Waals surface area contributed by atoms with Gasteiger partial charge in [0.2, 0.25) is 10.0 Å². The Hall–Kier alpha value is -3.02. The molecule has 1 aliphatic heterocycles. The number of sulfonamides is 1. The molecule has 5 N–H and O–H groups in total. The number of carboxylic acids is 1. The van der Waals surface area contributed by atoms with Crippen molar-refractivity contribution in [2.75, 3.05) is 13.1 Å². The summed E-state index contributed by atoms with van der Waals surface area (Å²) in [6.45, 7) is 4.48. The fourth-order valence-electron chi connectivity index (χ4n) is 3.42. The summed E-state index contributed by atoms with van der Waals surface area (Å²) in [7, 11) is -4.09. The standard InChI is InChI=1S/C20H24N4O6S.C2H6/c21-10-13-6-7-15-8-14(9-18(25)24(15)12-13)19(26)22-11-17(20(27)28)23-31(29,30)16-4-2-1-3-5-16;1-2/h1-5,8-9,13,17,23H,6-7,10-12,21H2,(H,22,26)(H,27,28);1-2H3. The van der Waals surface area contributed by atoms with Gasteiger partial charge in [0.25, 0.3) is 11.5 Å². The van der Waals surface area contributed by atoms with E-state index in [1.165, 1.54) is 30.3 Å². The molecule has 33 heavy (non-hydrogen) atoms. The second-order valence-corrected chi connectivity index (χ2v) is 9.07. The molecule has 1 aromatic carbocycles. The molecule has 0 aliphatic carbocycles. The molecule has 2 heterocycles. The molecule has 180 valence electrons. The van der Waals surface area contributed by atoms with Crippen molar-refractivity contribution in [3.05, 3.63) is 64.1 Å². The smallest absolute Gasteiger partial charge is 0.323 e. The van der Waals surface area contributed by atoms with E-state index in [-0.39, 0.29) is 21.9 Å². The molecule has 10 nitrogen and oxygen atoms in total. The second kappa shape index (κ2) is 11.7. The number of nitrogens with one attached hydrogen (secondary N) is 2. The number of aryl methyl sites for hydroxylation is 1. The molecule has 0 saturated carbocycles. The molecule has 0 fully saturated rings. The van der Waals surface area contributed by atoms with Crippen LogP contribution >= 0.6 is 0 Å². The minimum atomic E-state index is -4.09. The van der Waals surface area contributed by atoms with Gasteiger partial charge in [0, 0.05) is 30.4 Å². The number of nitrogens with zero attached hydrogens (tertiary/aromatic N) is 1. The highest BCUT2D eigenvalue weighted by atomic mass is 32.2. The first kappa shape index (κ1) is 26.2. The van der Waals surface area contributed by atoms with Crippen LogP contribution in [0.15, 0.2) is 52.2 Å². The summed E-state index contributed by atoms with van der Waals surface area (Å²) in [5.74, 6) is -1.90. The lowest BCUT2D eigenvalue weighted by Gasteiger charge is -2.25. The van der Waals surface area contributed by atoms with Crippen LogP contribution in [0.2, 0.25) is 0 Å². The summed E-state index contributed by atoms with van der Waals surface area (Å²) >= 11 is 0. The van der Waals surface area contributed by atoms with Gasteiger partial charge in [-0.3, -0.25) is 14.4 Å². The third-order valence-electron chi connectivity index (χ3n) is 5.17. The van der Waals surface area contributed by atoms with Gasteiger partial charge in [-0.2, -0.15) is 4.72 Å². The molecular formula is C22H30N4O6S. The lowest BCUT2D eigenvalue weighted by atomic mass is 9.96. The number of fused-ring (bicyclic) bond motifs is 1. The fourth-order valence-corrected chi connectivity index (χ4v) is 4.63. The number of amides is 1. The van der Waals surface area contributed by atoms with Gasteiger partial charge in [-0.1, -0.05) is 32.0 Å². The maximum atomic E-state index is 12.5. The number of pyridine rings is 1. The van der Waals surface area contributed by atoms with Crippen LogP contribution in [-0.2, 0) is 27.8 Å². The zero-order chi connectivity index (χ0) is 24.6. The van der Waals surface area contributed by atoms with Crippen LogP contribution in [0.5, 0.6) is 0 Å². The number of aromatic nitrogens is 1. The molecule has 0 saturated heterocycles. The Bertz CT molecular complexity index is 1130. The van der Waals surface area contributed by atoms with Gasteiger partial charge < -0.3 is 20.7 Å². The first-order chi connectivity index (χ1) is 15.7. The van der Waals surface area contributed by atoms with E-state index in [0.29, 0.717) is 25.2 Å². The van der Waals surface area contributed by atoms with Crippen LogP contribution in [0.1, 0.15) is 36.3 Å². The summed E-state index contributed by atoms with van der Waals surface area (Å²) in [5.41, 5.74) is 6.16. The van der Waals surface area contributed by atoms with Crippen LogP contribution in [-0.4, -0.2) is 49.1 Å². The average Bonchev–Trinajstić information content (AvgIpc) is 2.82. The van der Waals surface area contributed by atoms with Gasteiger partial charge in [0.05, 0.1) is 4.90 Å². The third kappa shape index (κ3) is 6.73. The lowest BCUT2D eigenvalue weighted by Crippen LogP contribution is -2.48. The monoisotopic (exact) mass is 478 g/mol. The number of rotatable bonds is 8. The number of carboxylic acid groups (broad SMARTS) is 1. The van der Waals surface area contributed by atoms with Crippen molar-refractivity contribution in [1.82, 2.24) is 14.6 Å². The molecular weight excluding hydrogens is 448 g/mol. The molecule has 0 radical (unpaired) electrons. The van der Waals surface area contributed by atoms with Gasteiger partial charge in [0.1, 0.15) is 6.04 Å². The summed E-state index contributed by atoms with van der Waals surface area (Å²) in [4.78, 5) is 36.3. The first-order valence-corrected chi connectivity index (χ1v) is 12.2. The number of benzene rings is 1. The predicted octanol–water partition coefficient (Wildman–Crippen LogP) is 0.557. The van der Waals surface area contributed by atoms with E-state index in [4.69, 9.17) is 5.73 Å². The van der Waals surface area contributed by atoms with Crippen molar-refractivity contribution < 1.29 is 23.1 Å². The minimum Gasteiger partial charge on any atom is -0.480 e. The highest BCUT2D eigenvalue weighted by Crippen LogP contribution is 2.18.